The fraction of sp³-hybridized carbons (Fsp3) is 0.0769. The second-order valence-corrected chi connectivity index (χ2v) is 9.24. The molecule has 1 atom stereocenters. The highest BCUT2D eigenvalue weighted by Crippen LogP contribution is 2.45. The molecular weight excluding hydrogens is 495 g/mol. The lowest BCUT2D eigenvalue weighted by Crippen LogP contribution is -2.29. The number of halogens is 3. The molecule has 0 aliphatic carbocycles. The molecule has 0 saturated carbocycles. The molecule has 1 saturated heterocycles. The van der Waals surface area contributed by atoms with Gasteiger partial charge >= 0.3 is 0 Å². The first-order valence-corrected chi connectivity index (χ1v) is 11.5. The van der Waals surface area contributed by atoms with E-state index in [1.165, 1.54) is 17.0 Å². The lowest BCUT2D eigenvalue weighted by atomic mass is 9.94. The number of carbonyl (C=O) groups is 2. The molecular formula is C26H17Cl3N2O3. The normalized spacial score (nSPS) is 17.6. The first-order valence-electron chi connectivity index (χ1n) is 10.3. The van der Waals surface area contributed by atoms with Crippen molar-refractivity contribution in [1.82, 2.24) is 4.57 Å². The lowest BCUT2D eigenvalue weighted by Gasteiger charge is -2.25. The first-order chi connectivity index (χ1) is 16.3. The van der Waals surface area contributed by atoms with E-state index in [1.807, 2.05) is 42.1 Å². The Kier molecular flexibility index (Phi) is 5.64. The summed E-state index contributed by atoms with van der Waals surface area (Å²) in [5, 5.41) is 13.1. The number of anilines is 1. The highest BCUT2D eigenvalue weighted by Gasteiger charge is 2.48. The maximum atomic E-state index is 13.4. The lowest BCUT2D eigenvalue weighted by molar-refractivity contribution is -0.132. The quantitative estimate of drug-likeness (QED) is 0.188. The second kappa shape index (κ2) is 8.51. The van der Waals surface area contributed by atoms with Gasteiger partial charge in [0.05, 0.1) is 21.7 Å². The van der Waals surface area contributed by atoms with Gasteiger partial charge in [0, 0.05) is 46.0 Å². The van der Waals surface area contributed by atoms with Crippen molar-refractivity contribution in [2.24, 2.45) is 7.05 Å². The van der Waals surface area contributed by atoms with E-state index in [2.05, 4.69) is 0 Å². The smallest absolute Gasteiger partial charge is 0.300 e. The van der Waals surface area contributed by atoms with Crippen molar-refractivity contribution in [3.8, 4) is 0 Å². The van der Waals surface area contributed by atoms with Crippen molar-refractivity contribution in [3.63, 3.8) is 0 Å². The van der Waals surface area contributed by atoms with E-state index < -0.39 is 17.7 Å². The Bertz CT molecular complexity index is 1520. The topological polar surface area (TPSA) is 62.5 Å². The molecule has 1 fully saturated rings. The predicted molar refractivity (Wildman–Crippen MR) is 136 cm³/mol. The summed E-state index contributed by atoms with van der Waals surface area (Å²) < 4.78 is 1.92. The van der Waals surface area contributed by atoms with Crippen LogP contribution in [0.1, 0.15) is 17.2 Å². The molecule has 0 bridgehead atoms. The molecule has 3 aromatic carbocycles. The van der Waals surface area contributed by atoms with Gasteiger partial charge in [0.15, 0.2) is 0 Å². The van der Waals surface area contributed by atoms with E-state index in [4.69, 9.17) is 34.8 Å². The number of para-hydroxylation sites is 1. The largest absolute Gasteiger partial charge is 0.507 e. The maximum Gasteiger partial charge on any atom is 0.300 e. The Labute approximate surface area is 210 Å². The number of aromatic nitrogens is 1. The van der Waals surface area contributed by atoms with E-state index in [-0.39, 0.29) is 21.9 Å². The average molecular weight is 512 g/mol. The van der Waals surface area contributed by atoms with Crippen molar-refractivity contribution in [1.29, 1.82) is 0 Å². The van der Waals surface area contributed by atoms with Crippen molar-refractivity contribution < 1.29 is 14.7 Å². The zero-order valence-corrected chi connectivity index (χ0v) is 20.1. The van der Waals surface area contributed by atoms with E-state index in [0.717, 1.165) is 10.9 Å². The van der Waals surface area contributed by atoms with Crippen LogP contribution in [0.25, 0.3) is 16.7 Å². The van der Waals surface area contributed by atoms with E-state index in [0.29, 0.717) is 21.3 Å². The minimum absolute atomic E-state index is 0.0419. The number of amides is 1. The Hall–Kier alpha value is -3.25. The van der Waals surface area contributed by atoms with E-state index in [9.17, 15) is 14.7 Å². The molecule has 1 aliphatic heterocycles. The van der Waals surface area contributed by atoms with E-state index in [1.54, 1.807) is 30.3 Å². The molecule has 1 N–H and O–H groups in total. The molecule has 0 radical (unpaired) electrons. The zero-order chi connectivity index (χ0) is 24.1. The molecule has 1 aromatic heterocycles. The van der Waals surface area contributed by atoms with Gasteiger partial charge in [0.2, 0.25) is 0 Å². The number of nitrogens with zero attached hydrogens (tertiary/aromatic N) is 2. The van der Waals surface area contributed by atoms with Gasteiger partial charge in [-0.05, 0) is 42.5 Å². The molecule has 34 heavy (non-hydrogen) atoms. The van der Waals surface area contributed by atoms with Gasteiger partial charge in [-0.25, -0.2) is 0 Å². The van der Waals surface area contributed by atoms with E-state index >= 15 is 0 Å². The van der Waals surface area contributed by atoms with Crippen LogP contribution in [0.4, 0.5) is 5.69 Å². The van der Waals surface area contributed by atoms with Gasteiger partial charge in [0.1, 0.15) is 5.76 Å². The van der Waals surface area contributed by atoms with Crippen molar-refractivity contribution >= 4 is 68.8 Å². The number of fused-ring (bicyclic) bond motifs is 1. The molecule has 2 heterocycles. The molecule has 8 heteroatoms. The average Bonchev–Trinajstić information content (AvgIpc) is 3.29. The molecule has 5 rings (SSSR count). The van der Waals surface area contributed by atoms with Crippen LogP contribution in [0, 0.1) is 0 Å². The third-order valence-corrected chi connectivity index (χ3v) is 6.92. The van der Waals surface area contributed by atoms with Crippen LogP contribution in [0.5, 0.6) is 0 Å². The minimum atomic E-state index is -0.890. The highest BCUT2D eigenvalue weighted by molar-refractivity contribution is 6.52. The van der Waals surface area contributed by atoms with Crippen molar-refractivity contribution in [3.05, 3.63) is 105 Å². The molecule has 5 nitrogen and oxygen atoms in total. The van der Waals surface area contributed by atoms with Crippen LogP contribution >= 0.6 is 34.8 Å². The summed E-state index contributed by atoms with van der Waals surface area (Å²) in [5.74, 6) is -1.90. The predicted octanol–water partition coefficient (Wildman–Crippen LogP) is 6.76. The fourth-order valence-corrected chi connectivity index (χ4v) is 4.89. The first kappa shape index (κ1) is 22.5. The van der Waals surface area contributed by atoms with Gasteiger partial charge in [0.25, 0.3) is 11.7 Å². The van der Waals surface area contributed by atoms with Gasteiger partial charge < -0.3 is 9.67 Å². The molecule has 0 spiro atoms. The molecule has 1 amide bonds. The van der Waals surface area contributed by atoms with Gasteiger partial charge in [-0.3, -0.25) is 14.5 Å². The van der Waals surface area contributed by atoms with Gasteiger partial charge in [-0.2, -0.15) is 0 Å². The summed E-state index contributed by atoms with van der Waals surface area (Å²) in [6.07, 6.45) is 1.86. The number of carbonyl (C=O) groups excluding carboxylic acids is 2. The SMILES string of the molecule is Cn1cc(C2/C(=C(\O)c3ccc(Cl)c(Cl)c3)C(=O)C(=O)N2c2cccc(Cl)c2)c2ccccc21. The van der Waals surface area contributed by atoms with Crippen molar-refractivity contribution in [2.75, 3.05) is 4.90 Å². The van der Waals surface area contributed by atoms with Crippen LogP contribution in [-0.2, 0) is 16.6 Å². The Morgan fingerprint density at radius 1 is 0.912 bits per heavy atom. The number of rotatable bonds is 3. The summed E-state index contributed by atoms with van der Waals surface area (Å²) >= 11 is 18.4. The van der Waals surface area contributed by atoms with Crippen LogP contribution in [0.3, 0.4) is 0 Å². The number of hydrogen-bond donors (Lipinski definition) is 1. The van der Waals surface area contributed by atoms with Crippen LogP contribution in [0.2, 0.25) is 15.1 Å². The standard InChI is InChI=1S/C26H17Cl3N2O3/c1-30-13-18(17-7-2-3-8-21(17)30)23-22(24(32)14-9-10-19(28)20(29)11-14)25(33)26(34)31(23)16-6-4-5-15(27)12-16/h2-13,23,32H,1H3/b24-22+. The molecule has 170 valence electrons. The number of Topliss-reactive ketones (excluding diaryl/α,β-unsaturated/α-hetero) is 1. The van der Waals surface area contributed by atoms with Gasteiger partial charge in [-0.1, -0.05) is 59.1 Å². The number of benzene rings is 3. The third kappa shape index (κ3) is 3.57. The summed E-state index contributed by atoms with van der Waals surface area (Å²) in [6, 6.07) is 18.0. The number of hydrogen-bond acceptors (Lipinski definition) is 3. The number of aliphatic hydroxyl groups is 1. The monoisotopic (exact) mass is 510 g/mol. The Morgan fingerprint density at radius 2 is 1.68 bits per heavy atom. The third-order valence-electron chi connectivity index (χ3n) is 5.95. The molecule has 1 unspecified atom stereocenters. The fourth-order valence-electron chi connectivity index (χ4n) is 4.41. The van der Waals surface area contributed by atoms with Crippen molar-refractivity contribution in [2.45, 2.75) is 6.04 Å². The summed E-state index contributed by atoms with van der Waals surface area (Å²) in [7, 11) is 1.89. The maximum absolute atomic E-state index is 13.4. The number of ketones is 1. The second-order valence-electron chi connectivity index (χ2n) is 7.99. The summed E-state index contributed by atoms with van der Waals surface area (Å²) in [4.78, 5) is 28.1. The van der Waals surface area contributed by atoms with Crippen LogP contribution < -0.4 is 4.90 Å². The van der Waals surface area contributed by atoms with Gasteiger partial charge in [-0.15, -0.1) is 0 Å². The van der Waals surface area contributed by atoms with Crippen LogP contribution in [-0.4, -0.2) is 21.4 Å². The Balaban J connectivity index is 1.81. The van der Waals surface area contributed by atoms with Crippen LogP contribution in [0.15, 0.2) is 78.5 Å². The Morgan fingerprint density at radius 3 is 2.41 bits per heavy atom. The zero-order valence-electron chi connectivity index (χ0n) is 17.8. The summed E-state index contributed by atoms with van der Waals surface area (Å²) in [6.45, 7) is 0. The number of aryl methyl sites for hydroxylation is 1. The number of aliphatic hydroxyl groups excluding tert-OH is 1. The molecule has 4 aromatic rings. The minimum Gasteiger partial charge on any atom is -0.507 e. The molecule has 1 aliphatic rings. The summed E-state index contributed by atoms with van der Waals surface area (Å²) in [5.41, 5.74) is 2.30. The highest BCUT2D eigenvalue weighted by atomic mass is 35.5.